The predicted octanol–water partition coefficient (Wildman–Crippen LogP) is -1.80. The van der Waals surface area contributed by atoms with Crippen molar-refractivity contribution in [3.8, 4) is 0 Å². The minimum Gasteiger partial charge on any atom is -0.479 e. The van der Waals surface area contributed by atoms with E-state index in [4.69, 9.17) is 5.11 Å². The van der Waals surface area contributed by atoms with Crippen molar-refractivity contribution < 1.29 is 24.6 Å². The number of amides is 2. The van der Waals surface area contributed by atoms with Crippen LogP contribution in [0.25, 0.3) is 0 Å². The first-order valence-electron chi connectivity index (χ1n) is 4.92. The lowest BCUT2D eigenvalue weighted by molar-refractivity contribution is -0.156. The van der Waals surface area contributed by atoms with Crippen LogP contribution in [0.3, 0.4) is 0 Å². The zero-order chi connectivity index (χ0) is 13.1. The van der Waals surface area contributed by atoms with Gasteiger partial charge in [-0.1, -0.05) is 0 Å². The fourth-order valence-electron chi connectivity index (χ4n) is 1.07. The number of hydrazone groups is 1. The molecule has 0 saturated carbocycles. The van der Waals surface area contributed by atoms with Crippen molar-refractivity contribution >= 4 is 23.5 Å². The van der Waals surface area contributed by atoms with E-state index in [-0.39, 0.29) is 24.5 Å². The molecular weight excluding hydrogens is 230 g/mol. The van der Waals surface area contributed by atoms with Crippen LogP contribution in [0.1, 0.15) is 19.8 Å². The zero-order valence-electron chi connectivity index (χ0n) is 9.19. The largest absolute Gasteiger partial charge is 0.479 e. The number of carbonyl (C=O) groups excluding carboxylic acids is 2. The second-order valence-electron chi connectivity index (χ2n) is 3.86. The molecule has 17 heavy (non-hydrogen) atoms. The molecule has 0 aromatic carbocycles. The second kappa shape index (κ2) is 4.91. The maximum atomic E-state index is 11.5. The van der Waals surface area contributed by atoms with Gasteiger partial charge in [-0.05, 0) is 6.92 Å². The Labute approximate surface area is 96.7 Å². The Morgan fingerprint density at radius 2 is 2.18 bits per heavy atom. The van der Waals surface area contributed by atoms with E-state index in [1.807, 2.05) is 0 Å². The smallest absolute Gasteiger partial charge is 0.337 e. The Hall–Kier alpha value is -1.96. The number of aliphatic carboxylic acids is 1. The molecule has 4 N–H and O–H groups in total. The maximum Gasteiger partial charge on any atom is 0.337 e. The van der Waals surface area contributed by atoms with Crippen LogP contribution in [0.15, 0.2) is 5.10 Å². The van der Waals surface area contributed by atoms with Gasteiger partial charge in [-0.25, -0.2) is 10.2 Å². The zero-order valence-corrected chi connectivity index (χ0v) is 9.19. The third-order valence-corrected chi connectivity index (χ3v) is 2.22. The third kappa shape index (κ3) is 3.52. The van der Waals surface area contributed by atoms with Crippen molar-refractivity contribution in [2.75, 3.05) is 6.54 Å². The van der Waals surface area contributed by atoms with Gasteiger partial charge in [0.1, 0.15) is 5.71 Å². The molecule has 1 rings (SSSR count). The summed E-state index contributed by atoms with van der Waals surface area (Å²) in [7, 11) is 0. The second-order valence-corrected chi connectivity index (χ2v) is 3.86. The molecule has 0 aromatic rings. The van der Waals surface area contributed by atoms with Gasteiger partial charge < -0.3 is 15.5 Å². The molecule has 0 aromatic heterocycles. The summed E-state index contributed by atoms with van der Waals surface area (Å²) >= 11 is 0. The van der Waals surface area contributed by atoms with E-state index >= 15 is 0 Å². The van der Waals surface area contributed by atoms with Crippen molar-refractivity contribution in [3.63, 3.8) is 0 Å². The number of rotatable bonds is 4. The van der Waals surface area contributed by atoms with Crippen molar-refractivity contribution in [3.05, 3.63) is 0 Å². The van der Waals surface area contributed by atoms with Gasteiger partial charge in [-0.2, -0.15) is 5.10 Å². The van der Waals surface area contributed by atoms with Crippen LogP contribution < -0.4 is 10.7 Å². The highest BCUT2D eigenvalue weighted by Crippen LogP contribution is 2.03. The Morgan fingerprint density at radius 1 is 1.53 bits per heavy atom. The maximum absolute atomic E-state index is 11.5. The number of nitrogens with one attached hydrogen (secondary N) is 2. The van der Waals surface area contributed by atoms with Crippen LogP contribution in [-0.2, 0) is 14.4 Å². The summed E-state index contributed by atoms with van der Waals surface area (Å²) < 4.78 is 0. The molecule has 0 bridgehead atoms. The normalized spacial score (nSPS) is 18.7. The average Bonchev–Trinajstić information content (AvgIpc) is 2.27. The average molecular weight is 243 g/mol. The van der Waals surface area contributed by atoms with E-state index < -0.39 is 24.0 Å². The first-order valence-corrected chi connectivity index (χ1v) is 4.92. The topological polar surface area (TPSA) is 128 Å². The molecule has 1 atom stereocenters. The molecular formula is C9H13N3O5. The first-order chi connectivity index (χ1) is 7.83. The Morgan fingerprint density at radius 3 is 2.65 bits per heavy atom. The Balaban J connectivity index is 2.51. The summed E-state index contributed by atoms with van der Waals surface area (Å²) in [6.45, 7) is 0.633. The van der Waals surface area contributed by atoms with Crippen molar-refractivity contribution in [1.29, 1.82) is 0 Å². The molecule has 0 aliphatic carbocycles. The lowest BCUT2D eigenvalue weighted by Crippen LogP contribution is -2.48. The number of carbonyl (C=O) groups is 3. The van der Waals surface area contributed by atoms with E-state index in [1.165, 1.54) is 0 Å². The summed E-state index contributed by atoms with van der Waals surface area (Å²) in [6, 6.07) is 0. The monoisotopic (exact) mass is 243 g/mol. The summed E-state index contributed by atoms with van der Waals surface area (Å²) in [6.07, 6.45) is 0.342. The van der Waals surface area contributed by atoms with Crippen LogP contribution in [0, 0.1) is 0 Å². The molecule has 0 saturated heterocycles. The van der Waals surface area contributed by atoms with E-state index in [1.54, 1.807) is 0 Å². The standard InChI is InChI=1S/C9H13N3O5/c1-9(17,8(15)16)4-10-7(14)5-2-3-6(13)12-11-5/h17H,2-4H2,1H3,(H,10,14)(H,12,13)(H,15,16). The minimum atomic E-state index is -2.03. The molecule has 94 valence electrons. The number of carboxylic acids is 1. The fourth-order valence-corrected chi connectivity index (χ4v) is 1.07. The number of carboxylic acid groups (broad SMARTS) is 1. The van der Waals surface area contributed by atoms with Crippen molar-refractivity contribution in [2.24, 2.45) is 5.10 Å². The lowest BCUT2D eigenvalue weighted by Gasteiger charge is -2.19. The summed E-state index contributed by atoms with van der Waals surface area (Å²) in [5.41, 5.74) is 0.211. The molecule has 1 aliphatic rings. The molecule has 0 spiro atoms. The van der Waals surface area contributed by atoms with Crippen LogP contribution in [-0.4, -0.2) is 45.9 Å². The molecule has 1 aliphatic heterocycles. The van der Waals surface area contributed by atoms with Gasteiger partial charge in [0, 0.05) is 12.8 Å². The van der Waals surface area contributed by atoms with Gasteiger partial charge in [0.25, 0.3) is 5.91 Å². The van der Waals surface area contributed by atoms with E-state index in [9.17, 15) is 19.5 Å². The van der Waals surface area contributed by atoms with Crippen LogP contribution in [0.4, 0.5) is 0 Å². The highest BCUT2D eigenvalue weighted by Gasteiger charge is 2.31. The molecule has 0 radical (unpaired) electrons. The number of nitrogens with zero attached hydrogens (tertiary/aromatic N) is 1. The van der Waals surface area contributed by atoms with E-state index in [0.717, 1.165) is 6.92 Å². The van der Waals surface area contributed by atoms with Crippen LogP contribution in [0.5, 0.6) is 0 Å². The van der Waals surface area contributed by atoms with Gasteiger partial charge in [-0.15, -0.1) is 0 Å². The Kier molecular flexibility index (Phi) is 3.79. The van der Waals surface area contributed by atoms with Gasteiger partial charge in [-0.3, -0.25) is 9.59 Å². The third-order valence-electron chi connectivity index (χ3n) is 2.22. The molecule has 8 heteroatoms. The molecule has 8 nitrogen and oxygen atoms in total. The molecule has 0 fully saturated rings. The molecule has 2 amide bonds. The Bertz CT molecular complexity index is 388. The SMILES string of the molecule is CC(O)(CNC(=O)C1=NNC(=O)CC1)C(=O)O. The lowest BCUT2D eigenvalue weighted by atomic mass is 10.1. The van der Waals surface area contributed by atoms with Crippen molar-refractivity contribution in [1.82, 2.24) is 10.7 Å². The molecule has 1 heterocycles. The predicted molar refractivity (Wildman–Crippen MR) is 56.1 cm³/mol. The number of hydrogen-bond acceptors (Lipinski definition) is 5. The van der Waals surface area contributed by atoms with E-state index in [2.05, 4.69) is 15.8 Å². The minimum absolute atomic E-state index is 0.103. The summed E-state index contributed by atoms with van der Waals surface area (Å²) in [4.78, 5) is 32.8. The van der Waals surface area contributed by atoms with Gasteiger partial charge >= 0.3 is 5.97 Å². The van der Waals surface area contributed by atoms with Gasteiger partial charge in [0.15, 0.2) is 5.60 Å². The summed E-state index contributed by atoms with van der Waals surface area (Å²) in [5, 5.41) is 23.7. The highest BCUT2D eigenvalue weighted by molar-refractivity contribution is 6.39. The first kappa shape index (κ1) is 13.1. The number of hydrogen-bond donors (Lipinski definition) is 4. The van der Waals surface area contributed by atoms with Gasteiger partial charge in [0.05, 0.1) is 6.54 Å². The van der Waals surface area contributed by atoms with Crippen LogP contribution >= 0.6 is 0 Å². The number of aliphatic hydroxyl groups is 1. The van der Waals surface area contributed by atoms with E-state index in [0.29, 0.717) is 0 Å². The quantitative estimate of drug-likeness (QED) is 0.463. The van der Waals surface area contributed by atoms with Gasteiger partial charge in [0.2, 0.25) is 5.91 Å². The summed E-state index contributed by atoms with van der Waals surface area (Å²) in [5.74, 6) is -2.32. The van der Waals surface area contributed by atoms with Crippen molar-refractivity contribution in [2.45, 2.75) is 25.4 Å². The molecule has 1 unspecified atom stereocenters. The highest BCUT2D eigenvalue weighted by atomic mass is 16.4. The van der Waals surface area contributed by atoms with Crippen LogP contribution in [0.2, 0.25) is 0 Å². The fraction of sp³-hybridized carbons (Fsp3) is 0.556.